The summed E-state index contributed by atoms with van der Waals surface area (Å²) in [6, 6.07) is 11.5. The highest BCUT2D eigenvalue weighted by Gasteiger charge is 2.21. The summed E-state index contributed by atoms with van der Waals surface area (Å²) in [6.45, 7) is 1.44. The Morgan fingerprint density at radius 1 is 1.17 bits per heavy atom. The van der Waals surface area contributed by atoms with Gasteiger partial charge in [0.2, 0.25) is 0 Å². The average molecular weight is 436 g/mol. The maximum Gasteiger partial charge on any atom is 0.253 e. The molecule has 4 aromatic rings. The van der Waals surface area contributed by atoms with Crippen molar-refractivity contribution >= 4 is 50.0 Å². The van der Waals surface area contributed by atoms with Crippen LogP contribution in [0.5, 0.6) is 11.5 Å². The molecule has 1 aromatic carbocycles. The van der Waals surface area contributed by atoms with E-state index in [4.69, 9.17) is 14.5 Å². The number of carbonyl (C=O) groups is 1. The second kappa shape index (κ2) is 8.25. The lowest BCUT2D eigenvalue weighted by Crippen LogP contribution is -2.28. The van der Waals surface area contributed by atoms with Crippen LogP contribution < -0.4 is 14.4 Å². The van der Waals surface area contributed by atoms with Crippen molar-refractivity contribution in [2.45, 2.75) is 6.54 Å². The van der Waals surface area contributed by atoms with Crippen LogP contribution in [0, 0.1) is 0 Å². The summed E-state index contributed by atoms with van der Waals surface area (Å²) in [5.74, 6) is 1.27. The van der Waals surface area contributed by atoms with Gasteiger partial charge in [-0.2, -0.15) is 0 Å². The van der Waals surface area contributed by atoms with Crippen molar-refractivity contribution in [3.63, 3.8) is 0 Å². The number of fused-ring (bicyclic) bond motifs is 2. The van der Waals surface area contributed by atoms with E-state index in [0.717, 1.165) is 20.7 Å². The highest BCUT2D eigenvalue weighted by molar-refractivity contribution is 7.22. The quantitative estimate of drug-likeness (QED) is 0.423. The molecule has 3 aromatic heterocycles. The predicted octanol–water partition coefficient (Wildman–Crippen LogP) is 4.77. The predicted molar refractivity (Wildman–Crippen MR) is 119 cm³/mol. The number of anilines is 1. The van der Waals surface area contributed by atoms with Crippen LogP contribution in [-0.2, 0) is 11.3 Å². The van der Waals surface area contributed by atoms with E-state index in [0.29, 0.717) is 36.4 Å². The third-order valence-corrected chi connectivity index (χ3v) is 6.41. The van der Waals surface area contributed by atoms with Crippen LogP contribution in [0.15, 0.2) is 60.2 Å². The van der Waals surface area contributed by atoms with Gasteiger partial charge in [0.25, 0.3) is 5.91 Å². The molecule has 5 rings (SSSR count). The first-order chi connectivity index (χ1) is 14.8. The number of rotatable bonds is 5. The fourth-order valence-corrected chi connectivity index (χ4v) is 4.71. The molecule has 30 heavy (non-hydrogen) atoms. The van der Waals surface area contributed by atoms with Crippen molar-refractivity contribution in [3.8, 4) is 11.5 Å². The number of benzene rings is 1. The first-order valence-electron chi connectivity index (χ1n) is 9.38. The zero-order valence-corrected chi connectivity index (χ0v) is 17.5. The molecule has 150 valence electrons. The summed E-state index contributed by atoms with van der Waals surface area (Å²) in [6.07, 6.45) is 6.90. The SMILES string of the molecule is O=C(C=Cc1cccs1)N(Cc1cccnc1)c1nc2cc3c(cc2s1)OCCO3. The number of pyridine rings is 1. The Morgan fingerprint density at radius 2 is 2.03 bits per heavy atom. The number of hydrogen-bond acceptors (Lipinski definition) is 7. The van der Waals surface area contributed by atoms with E-state index >= 15 is 0 Å². The zero-order valence-electron chi connectivity index (χ0n) is 15.9. The highest BCUT2D eigenvalue weighted by atomic mass is 32.1. The molecule has 0 radical (unpaired) electrons. The largest absolute Gasteiger partial charge is 0.486 e. The molecule has 0 fully saturated rings. The number of thiazole rings is 1. The Labute approximate surface area is 181 Å². The van der Waals surface area contributed by atoms with Crippen LogP contribution in [0.25, 0.3) is 16.3 Å². The number of aromatic nitrogens is 2. The molecule has 0 N–H and O–H groups in total. The molecule has 0 atom stereocenters. The van der Waals surface area contributed by atoms with E-state index in [9.17, 15) is 4.79 Å². The molecule has 0 saturated heterocycles. The van der Waals surface area contributed by atoms with Crippen LogP contribution in [0.1, 0.15) is 10.4 Å². The molecular weight excluding hydrogens is 418 g/mol. The Hall–Kier alpha value is -3.23. The second-order valence-corrected chi connectivity index (χ2v) is 8.58. The first kappa shape index (κ1) is 18.8. The molecule has 0 saturated carbocycles. The molecule has 0 unspecified atom stereocenters. The van der Waals surface area contributed by atoms with E-state index in [2.05, 4.69) is 4.98 Å². The van der Waals surface area contributed by atoms with Crippen molar-refractivity contribution in [3.05, 3.63) is 70.7 Å². The highest BCUT2D eigenvalue weighted by Crippen LogP contribution is 2.39. The van der Waals surface area contributed by atoms with Gasteiger partial charge >= 0.3 is 0 Å². The van der Waals surface area contributed by atoms with Crippen molar-refractivity contribution < 1.29 is 14.3 Å². The van der Waals surface area contributed by atoms with Gasteiger partial charge in [-0.25, -0.2) is 4.98 Å². The Balaban J connectivity index is 1.50. The number of nitrogens with zero attached hydrogens (tertiary/aromatic N) is 3. The van der Waals surface area contributed by atoms with Crippen molar-refractivity contribution in [1.29, 1.82) is 0 Å². The molecule has 4 heterocycles. The minimum atomic E-state index is -0.136. The van der Waals surface area contributed by atoms with E-state index in [1.807, 2.05) is 47.9 Å². The van der Waals surface area contributed by atoms with E-state index in [1.165, 1.54) is 11.3 Å². The fourth-order valence-electron chi connectivity index (χ4n) is 3.11. The lowest BCUT2D eigenvalue weighted by atomic mass is 10.2. The van der Waals surface area contributed by atoms with Gasteiger partial charge in [-0.15, -0.1) is 11.3 Å². The lowest BCUT2D eigenvalue weighted by molar-refractivity contribution is -0.114. The molecule has 0 spiro atoms. The average Bonchev–Trinajstić information content (AvgIpc) is 3.44. The third kappa shape index (κ3) is 3.92. The monoisotopic (exact) mass is 435 g/mol. The minimum Gasteiger partial charge on any atom is -0.486 e. The van der Waals surface area contributed by atoms with Gasteiger partial charge in [0.05, 0.1) is 16.8 Å². The molecule has 1 aliphatic heterocycles. The van der Waals surface area contributed by atoms with Crippen molar-refractivity contribution in [1.82, 2.24) is 9.97 Å². The summed E-state index contributed by atoms with van der Waals surface area (Å²) in [5, 5.41) is 2.61. The summed E-state index contributed by atoms with van der Waals surface area (Å²) in [4.78, 5) is 24.7. The van der Waals surface area contributed by atoms with Gasteiger partial charge in [-0.1, -0.05) is 23.5 Å². The normalized spacial score (nSPS) is 13.1. The molecule has 6 nitrogen and oxygen atoms in total. The standard InChI is InChI=1S/C22H17N3O3S2/c26-21(6-5-16-4-2-10-29-16)25(14-15-3-1-7-23-13-15)22-24-17-11-18-19(12-20(17)30-22)28-9-8-27-18/h1-7,10-13H,8-9,14H2. The summed E-state index contributed by atoms with van der Waals surface area (Å²) in [7, 11) is 0. The van der Waals surface area contributed by atoms with Crippen molar-refractivity contribution in [2.75, 3.05) is 18.1 Å². The molecule has 0 bridgehead atoms. The topological polar surface area (TPSA) is 64.6 Å². The molecule has 1 amide bonds. The van der Waals surface area contributed by atoms with Crippen molar-refractivity contribution in [2.24, 2.45) is 0 Å². The summed E-state index contributed by atoms with van der Waals surface area (Å²) < 4.78 is 12.3. The van der Waals surface area contributed by atoms with Crippen LogP contribution in [0.3, 0.4) is 0 Å². The molecule has 0 aliphatic carbocycles. The fraction of sp³-hybridized carbons (Fsp3) is 0.136. The van der Waals surface area contributed by atoms with Crippen LogP contribution in [0.2, 0.25) is 0 Å². The minimum absolute atomic E-state index is 0.136. The van der Waals surface area contributed by atoms with Gasteiger partial charge in [-0.3, -0.25) is 14.7 Å². The number of ether oxygens (including phenoxy) is 2. The molecule has 1 aliphatic rings. The Morgan fingerprint density at radius 3 is 2.80 bits per heavy atom. The zero-order chi connectivity index (χ0) is 20.3. The van der Waals surface area contributed by atoms with Gasteiger partial charge in [0.15, 0.2) is 16.6 Å². The lowest BCUT2D eigenvalue weighted by Gasteiger charge is -2.18. The van der Waals surface area contributed by atoms with Crippen LogP contribution in [-0.4, -0.2) is 29.1 Å². The number of hydrogen-bond donors (Lipinski definition) is 0. The van der Waals surface area contributed by atoms with Gasteiger partial charge in [0.1, 0.15) is 13.2 Å². The molecular formula is C22H17N3O3S2. The van der Waals surface area contributed by atoms with E-state index in [-0.39, 0.29) is 5.91 Å². The smallest absolute Gasteiger partial charge is 0.253 e. The number of thiophene rings is 1. The Bertz CT molecular complexity index is 1160. The molecule has 8 heteroatoms. The Kier molecular flexibility index (Phi) is 5.17. The van der Waals surface area contributed by atoms with Gasteiger partial charge in [-0.05, 0) is 29.2 Å². The van der Waals surface area contributed by atoms with Crippen LogP contribution in [0.4, 0.5) is 5.13 Å². The second-order valence-electron chi connectivity index (χ2n) is 6.59. The van der Waals surface area contributed by atoms with Gasteiger partial charge < -0.3 is 9.47 Å². The maximum atomic E-state index is 13.1. The first-order valence-corrected chi connectivity index (χ1v) is 11.1. The maximum absolute atomic E-state index is 13.1. The van der Waals surface area contributed by atoms with E-state index in [1.54, 1.807) is 34.7 Å². The summed E-state index contributed by atoms with van der Waals surface area (Å²) in [5.41, 5.74) is 1.71. The van der Waals surface area contributed by atoms with E-state index < -0.39 is 0 Å². The summed E-state index contributed by atoms with van der Waals surface area (Å²) >= 11 is 3.04. The number of amides is 1. The van der Waals surface area contributed by atoms with Gasteiger partial charge in [0, 0.05) is 35.5 Å². The number of carbonyl (C=O) groups excluding carboxylic acids is 1. The third-order valence-electron chi connectivity index (χ3n) is 4.53. The van der Waals surface area contributed by atoms with Crippen LogP contribution >= 0.6 is 22.7 Å².